The summed E-state index contributed by atoms with van der Waals surface area (Å²) in [6, 6.07) is 15.1. The number of nitrogens with zero attached hydrogens (tertiary/aromatic N) is 2. The van der Waals surface area contributed by atoms with Gasteiger partial charge in [0.2, 0.25) is 5.89 Å². The van der Waals surface area contributed by atoms with Crippen LogP contribution < -0.4 is 0 Å². The Kier molecular flexibility index (Phi) is 2.98. The van der Waals surface area contributed by atoms with Gasteiger partial charge in [-0.25, -0.2) is 4.98 Å². The van der Waals surface area contributed by atoms with Crippen molar-refractivity contribution in [2.24, 2.45) is 0 Å². The number of hydrogen-bond acceptors (Lipinski definition) is 4. The van der Waals surface area contributed by atoms with E-state index in [2.05, 4.69) is 10.1 Å². The van der Waals surface area contributed by atoms with E-state index >= 15 is 0 Å². The molecule has 0 atom stereocenters. The molecule has 2 heterocycles. The molecule has 0 amide bonds. The Morgan fingerprint density at radius 3 is 2.59 bits per heavy atom. The molecule has 0 aliphatic rings. The molecule has 0 bridgehead atoms. The minimum absolute atomic E-state index is 0.481. The number of benzene rings is 2. The first-order valence-electron chi connectivity index (χ1n) is 6.81. The molecule has 0 unspecified atom stereocenters. The molecule has 0 fully saturated rings. The van der Waals surface area contributed by atoms with Crippen LogP contribution >= 0.6 is 11.6 Å². The first kappa shape index (κ1) is 13.1. The zero-order chi connectivity index (χ0) is 15.1. The fraction of sp³-hybridized carbons (Fsp3) is 0.0588. The Morgan fingerprint density at radius 2 is 1.77 bits per heavy atom. The van der Waals surface area contributed by atoms with Gasteiger partial charge in [-0.05, 0) is 25.1 Å². The van der Waals surface area contributed by atoms with Crippen LogP contribution in [0.3, 0.4) is 0 Å². The Bertz CT molecular complexity index is 939. The number of para-hydroxylation sites is 2. The highest BCUT2D eigenvalue weighted by atomic mass is 35.5. The normalized spacial score (nSPS) is 11.2. The van der Waals surface area contributed by atoms with Crippen molar-refractivity contribution in [3.63, 3.8) is 0 Å². The molecule has 22 heavy (non-hydrogen) atoms. The van der Waals surface area contributed by atoms with Crippen molar-refractivity contribution >= 4 is 22.7 Å². The second-order valence-electron chi connectivity index (χ2n) is 4.93. The van der Waals surface area contributed by atoms with Crippen LogP contribution in [-0.2, 0) is 0 Å². The summed E-state index contributed by atoms with van der Waals surface area (Å²) in [7, 11) is 0. The Hall–Kier alpha value is -2.59. The van der Waals surface area contributed by atoms with Crippen LogP contribution in [0.25, 0.3) is 33.8 Å². The molecule has 0 saturated heterocycles. The maximum Gasteiger partial charge on any atom is 0.233 e. The van der Waals surface area contributed by atoms with E-state index in [0.717, 1.165) is 22.2 Å². The SMILES string of the molecule is Cc1onc(-c2ccccc2Cl)c1-c1nc2ccccc2o1. The fourth-order valence-corrected chi connectivity index (χ4v) is 2.67. The molecule has 5 heteroatoms. The van der Waals surface area contributed by atoms with E-state index in [1.54, 1.807) is 0 Å². The van der Waals surface area contributed by atoms with Gasteiger partial charge in [-0.3, -0.25) is 0 Å². The van der Waals surface area contributed by atoms with E-state index in [1.165, 1.54) is 0 Å². The lowest BCUT2D eigenvalue weighted by molar-refractivity contribution is 0.399. The first-order valence-corrected chi connectivity index (χ1v) is 7.19. The van der Waals surface area contributed by atoms with Crippen LogP contribution in [0.5, 0.6) is 0 Å². The standard InChI is InChI=1S/C17H11ClN2O2/c1-10-15(17-19-13-8-4-5-9-14(13)21-17)16(20-22-10)11-6-2-3-7-12(11)18/h2-9H,1H3. The number of hydrogen-bond donors (Lipinski definition) is 0. The summed E-state index contributed by atoms with van der Waals surface area (Å²) in [4.78, 5) is 4.52. The van der Waals surface area contributed by atoms with Crippen molar-refractivity contribution in [3.05, 3.63) is 59.3 Å². The molecular formula is C17H11ClN2O2. The lowest BCUT2D eigenvalue weighted by atomic mass is 10.1. The van der Waals surface area contributed by atoms with E-state index in [9.17, 15) is 0 Å². The van der Waals surface area contributed by atoms with Gasteiger partial charge in [-0.1, -0.05) is 47.1 Å². The van der Waals surface area contributed by atoms with E-state index in [4.69, 9.17) is 20.5 Å². The second-order valence-corrected chi connectivity index (χ2v) is 5.34. The van der Waals surface area contributed by atoms with E-state index < -0.39 is 0 Å². The summed E-state index contributed by atoms with van der Waals surface area (Å²) in [6.07, 6.45) is 0. The predicted molar refractivity (Wildman–Crippen MR) is 84.7 cm³/mol. The van der Waals surface area contributed by atoms with Gasteiger partial charge in [0.1, 0.15) is 22.5 Å². The lowest BCUT2D eigenvalue weighted by Gasteiger charge is -2.01. The van der Waals surface area contributed by atoms with Crippen molar-refractivity contribution in [2.45, 2.75) is 6.92 Å². The summed E-state index contributed by atoms with van der Waals surface area (Å²) in [5.74, 6) is 1.12. The molecule has 4 nitrogen and oxygen atoms in total. The highest BCUT2D eigenvalue weighted by Gasteiger charge is 2.22. The number of aromatic nitrogens is 2. The van der Waals surface area contributed by atoms with Gasteiger partial charge in [-0.15, -0.1) is 0 Å². The minimum atomic E-state index is 0.481. The minimum Gasteiger partial charge on any atom is -0.436 e. The van der Waals surface area contributed by atoms with Gasteiger partial charge >= 0.3 is 0 Å². The molecule has 108 valence electrons. The maximum atomic E-state index is 6.27. The lowest BCUT2D eigenvalue weighted by Crippen LogP contribution is -1.85. The number of aryl methyl sites for hydroxylation is 1. The van der Waals surface area contributed by atoms with Crippen LogP contribution in [-0.4, -0.2) is 10.1 Å². The molecule has 4 aromatic rings. The molecule has 0 spiro atoms. The van der Waals surface area contributed by atoms with Crippen LogP contribution in [0, 0.1) is 6.92 Å². The molecule has 0 aliphatic heterocycles. The molecule has 0 N–H and O–H groups in total. The summed E-state index contributed by atoms with van der Waals surface area (Å²) in [6.45, 7) is 1.83. The van der Waals surface area contributed by atoms with Crippen molar-refractivity contribution in [2.75, 3.05) is 0 Å². The number of fused-ring (bicyclic) bond motifs is 1. The van der Waals surface area contributed by atoms with Crippen LogP contribution in [0.1, 0.15) is 5.76 Å². The topological polar surface area (TPSA) is 52.1 Å². The van der Waals surface area contributed by atoms with Crippen molar-refractivity contribution in [1.82, 2.24) is 10.1 Å². The van der Waals surface area contributed by atoms with E-state index in [1.807, 2.05) is 55.5 Å². The van der Waals surface area contributed by atoms with Crippen molar-refractivity contribution < 1.29 is 8.94 Å². The quantitative estimate of drug-likeness (QED) is 0.516. The van der Waals surface area contributed by atoms with E-state index in [0.29, 0.717) is 22.4 Å². The van der Waals surface area contributed by atoms with E-state index in [-0.39, 0.29) is 0 Å². The Balaban J connectivity index is 1.96. The van der Waals surface area contributed by atoms with Gasteiger partial charge in [0.25, 0.3) is 0 Å². The molecule has 2 aromatic heterocycles. The van der Waals surface area contributed by atoms with Gasteiger partial charge in [0.15, 0.2) is 5.58 Å². The smallest absolute Gasteiger partial charge is 0.233 e. The molecule has 4 rings (SSSR count). The van der Waals surface area contributed by atoms with Crippen molar-refractivity contribution in [3.8, 4) is 22.7 Å². The number of rotatable bonds is 2. The zero-order valence-electron chi connectivity index (χ0n) is 11.7. The molecule has 0 aliphatic carbocycles. The van der Waals surface area contributed by atoms with Gasteiger partial charge in [0.05, 0.1) is 5.02 Å². The van der Waals surface area contributed by atoms with Crippen LogP contribution in [0.4, 0.5) is 0 Å². The second kappa shape index (κ2) is 5.00. The average molecular weight is 311 g/mol. The molecule has 0 radical (unpaired) electrons. The van der Waals surface area contributed by atoms with Gasteiger partial charge in [0, 0.05) is 5.56 Å². The van der Waals surface area contributed by atoms with Gasteiger partial charge in [-0.2, -0.15) is 0 Å². The Morgan fingerprint density at radius 1 is 1.00 bits per heavy atom. The highest BCUT2D eigenvalue weighted by molar-refractivity contribution is 6.33. The average Bonchev–Trinajstić information content (AvgIpc) is 3.10. The number of oxazole rings is 1. The van der Waals surface area contributed by atoms with Crippen LogP contribution in [0.2, 0.25) is 5.02 Å². The molecule has 0 saturated carbocycles. The summed E-state index contributed by atoms with van der Waals surface area (Å²) >= 11 is 6.27. The summed E-state index contributed by atoms with van der Waals surface area (Å²) < 4.78 is 11.2. The number of halogens is 1. The third kappa shape index (κ3) is 2.00. The maximum absolute atomic E-state index is 6.27. The highest BCUT2D eigenvalue weighted by Crippen LogP contribution is 2.37. The van der Waals surface area contributed by atoms with Gasteiger partial charge < -0.3 is 8.94 Å². The third-order valence-electron chi connectivity index (χ3n) is 3.50. The monoisotopic (exact) mass is 310 g/mol. The first-order chi connectivity index (χ1) is 10.7. The summed E-state index contributed by atoms with van der Waals surface area (Å²) in [5, 5.41) is 4.74. The molecular weight excluding hydrogens is 300 g/mol. The Labute approximate surface area is 131 Å². The molecule has 2 aromatic carbocycles. The largest absolute Gasteiger partial charge is 0.436 e. The van der Waals surface area contributed by atoms with Crippen molar-refractivity contribution in [1.29, 1.82) is 0 Å². The van der Waals surface area contributed by atoms with Crippen LogP contribution in [0.15, 0.2) is 57.5 Å². The third-order valence-corrected chi connectivity index (χ3v) is 3.83. The summed E-state index contributed by atoms with van der Waals surface area (Å²) in [5.41, 5.74) is 3.67. The predicted octanol–water partition coefficient (Wildman–Crippen LogP) is 5.11. The fourth-order valence-electron chi connectivity index (χ4n) is 2.44. The zero-order valence-corrected chi connectivity index (χ0v) is 12.5.